The third kappa shape index (κ3) is 3.14. The molecule has 1 N–H and O–H groups in total. The molecule has 0 aliphatic rings. The van der Waals surface area contributed by atoms with Crippen molar-refractivity contribution in [1.82, 2.24) is 5.32 Å². The molecule has 0 aromatic heterocycles. The first kappa shape index (κ1) is 12.8. The highest BCUT2D eigenvalue weighted by atomic mass is 19.1. The van der Waals surface area contributed by atoms with Gasteiger partial charge in [0, 0.05) is 12.0 Å². The minimum atomic E-state index is -0.180. The SMILES string of the molecule is Cc1cc(C(C)(C)CNCC=O)ccc1F. The Morgan fingerprint density at radius 3 is 2.69 bits per heavy atom. The van der Waals surface area contributed by atoms with E-state index in [1.807, 2.05) is 6.07 Å². The summed E-state index contributed by atoms with van der Waals surface area (Å²) in [6, 6.07) is 5.15. The molecule has 0 fully saturated rings. The molecule has 2 nitrogen and oxygen atoms in total. The largest absolute Gasteiger partial charge is 0.309 e. The molecule has 3 heteroatoms. The van der Waals surface area contributed by atoms with Gasteiger partial charge < -0.3 is 10.1 Å². The number of nitrogens with one attached hydrogen (secondary N) is 1. The monoisotopic (exact) mass is 223 g/mol. The fourth-order valence-electron chi connectivity index (χ4n) is 1.61. The molecule has 0 atom stereocenters. The van der Waals surface area contributed by atoms with Crippen LogP contribution in [-0.4, -0.2) is 19.4 Å². The van der Waals surface area contributed by atoms with Crippen LogP contribution < -0.4 is 5.32 Å². The Labute approximate surface area is 95.9 Å². The van der Waals surface area contributed by atoms with Gasteiger partial charge in [0.15, 0.2) is 0 Å². The summed E-state index contributed by atoms with van der Waals surface area (Å²) in [6.07, 6.45) is 0.839. The van der Waals surface area contributed by atoms with E-state index in [1.165, 1.54) is 6.07 Å². The van der Waals surface area contributed by atoms with Crippen LogP contribution in [0, 0.1) is 12.7 Å². The minimum absolute atomic E-state index is 0.110. The summed E-state index contributed by atoms with van der Waals surface area (Å²) in [6.45, 7) is 6.93. The molecule has 0 saturated carbocycles. The first-order valence-electron chi connectivity index (χ1n) is 5.38. The zero-order valence-electron chi connectivity index (χ0n) is 10.0. The van der Waals surface area contributed by atoms with Gasteiger partial charge in [0.1, 0.15) is 12.1 Å². The van der Waals surface area contributed by atoms with Crippen LogP contribution in [0.5, 0.6) is 0 Å². The molecule has 0 heterocycles. The van der Waals surface area contributed by atoms with Crippen LogP contribution in [0.15, 0.2) is 18.2 Å². The molecule has 0 saturated heterocycles. The van der Waals surface area contributed by atoms with Gasteiger partial charge in [0.2, 0.25) is 0 Å². The number of aryl methyl sites for hydroxylation is 1. The topological polar surface area (TPSA) is 29.1 Å². The lowest BCUT2D eigenvalue weighted by molar-refractivity contribution is -0.107. The fourth-order valence-corrected chi connectivity index (χ4v) is 1.61. The Bertz CT molecular complexity index is 374. The zero-order valence-corrected chi connectivity index (χ0v) is 10.0. The van der Waals surface area contributed by atoms with Gasteiger partial charge in [0.05, 0.1) is 6.54 Å². The molecule has 0 bridgehead atoms. The van der Waals surface area contributed by atoms with Crippen LogP contribution in [0.3, 0.4) is 0 Å². The highest BCUT2D eigenvalue weighted by Crippen LogP contribution is 2.24. The van der Waals surface area contributed by atoms with E-state index in [4.69, 9.17) is 0 Å². The summed E-state index contributed by atoms with van der Waals surface area (Å²) in [7, 11) is 0. The number of carbonyl (C=O) groups is 1. The lowest BCUT2D eigenvalue weighted by atomic mass is 9.84. The van der Waals surface area contributed by atoms with E-state index < -0.39 is 0 Å². The number of carbonyl (C=O) groups excluding carboxylic acids is 1. The van der Waals surface area contributed by atoms with E-state index in [1.54, 1.807) is 13.0 Å². The second-order valence-electron chi connectivity index (χ2n) is 4.65. The van der Waals surface area contributed by atoms with Gasteiger partial charge in [0.25, 0.3) is 0 Å². The van der Waals surface area contributed by atoms with Crippen molar-refractivity contribution in [1.29, 1.82) is 0 Å². The van der Waals surface area contributed by atoms with Gasteiger partial charge in [-0.25, -0.2) is 4.39 Å². The Hall–Kier alpha value is -1.22. The predicted molar refractivity (Wildman–Crippen MR) is 63.1 cm³/mol. The van der Waals surface area contributed by atoms with Crippen molar-refractivity contribution in [3.63, 3.8) is 0 Å². The Kier molecular flexibility index (Phi) is 4.19. The van der Waals surface area contributed by atoms with E-state index in [-0.39, 0.29) is 11.2 Å². The second-order valence-corrected chi connectivity index (χ2v) is 4.65. The third-order valence-electron chi connectivity index (χ3n) is 2.73. The van der Waals surface area contributed by atoms with E-state index in [2.05, 4.69) is 19.2 Å². The number of hydrogen-bond acceptors (Lipinski definition) is 2. The number of benzene rings is 1. The molecule has 1 aromatic carbocycles. The van der Waals surface area contributed by atoms with Gasteiger partial charge >= 0.3 is 0 Å². The van der Waals surface area contributed by atoms with Crippen molar-refractivity contribution in [2.24, 2.45) is 0 Å². The highest BCUT2D eigenvalue weighted by Gasteiger charge is 2.20. The van der Waals surface area contributed by atoms with Crippen molar-refractivity contribution in [2.45, 2.75) is 26.2 Å². The number of hydrogen-bond donors (Lipinski definition) is 1. The summed E-state index contributed by atoms with van der Waals surface area (Å²) < 4.78 is 13.1. The smallest absolute Gasteiger partial charge is 0.133 e. The average Bonchev–Trinajstić information content (AvgIpc) is 2.22. The van der Waals surface area contributed by atoms with Crippen LogP contribution in [-0.2, 0) is 10.2 Å². The molecule has 1 aromatic rings. The molecule has 0 aliphatic heterocycles. The Morgan fingerprint density at radius 2 is 2.12 bits per heavy atom. The van der Waals surface area contributed by atoms with Crippen LogP contribution in [0.1, 0.15) is 25.0 Å². The number of rotatable bonds is 5. The maximum atomic E-state index is 13.1. The van der Waals surface area contributed by atoms with Gasteiger partial charge in [-0.15, -0.1) is 0 Å². The molecule has 88 valence electrons. The van der Waals surface area contributed by atoms with E-state index in [9.17, 15) is 9.18 Å². The first-order valence-corrected chi connectivity index (χ1v) is 5.38. The molecule has 16 heavy (non-hydrogen) atoms. The first-order chi connectivity index (χ1) is 7.47. The number of halogens is 1. The molecule has 1 rings (SSSR count). The molecule has 0 spiro atoms. The predicted octanol–water partition coefficient (Wildman–Crippen LogP) is 2.20. The summed E-state index contributed by atoms with van der Waals surface area (Å²) in [5.74, 6) is -0.180. The Morgan fingerprint density at radius 1 is 1.44 bits per heavy atom. The fraction of sp³-hybridized carbons (Fsp3) is 0.462. The molecule has 0 radical (unpaired) electrons. The molecule has 0 unspecified atom stereocenters. The van der Waals surface area contributed by atoms with Gasteiger partial charge in [-0.1, -0.05) is 26.0 Å². The standard InChI is InChI=1S/C13H18FNO/c1-10-8-11(4-5-12(10)14)13(2,3)9-15-6-7-16/h4-5,7-8,15H,6,9H2,1-3H3. The summed E-state index contributed by atoms with van der Waals surface area (Å²) in [4.78, 5) is 10.2. The van der Waals surface area contributed by atoms with Crippen molar-refractivity contribution in [3.05, 3.63) is 35.1 Å². The van der Waals surface area contributed by atoms with Crippen molar-refractivity contribution < 1.29 is 9.18 Å². The maximum absolute atomic E-state index is 13.1. The molecular weight excluding hydrogens is 205 g/mol. The average molecular weight is 223 g/mol. The van der Waals surface area contributed by atoms with Crippen LogP contribution >= 0.6 is 0 Å². The summed E-state index contributed by atoms with van der Waals surface area (Å²) >= 11 is 0. The van der Waals surface area contributed by atoms with Crippen LogP contribution in [0.2, 0.25) is 0 Å². The van der Waals surface area contributed by atoms with Gasteiger partial charge in [-0.05, 0) is 24.1 Å². The lowest BCUT2D eigenvalue weighted by Gasteiger charge is -2.25. The summed E-state index contributed by atoms with van der Waals surface area (Å²) in [5.41, 5.74) is 1.62. The Balaban J connectivity index is 2.80. The van der Waals surface area contributed by atoms with Crippen LogP contribution in [0.25, 0.3) is 0 Å². The summed E-state index contributed by atoms with van der Waals surface area (Å²) in [5, 5.41) is 3.05. The quantitative estimate of drug-likeness (QED) is 0.612. The van der Waals surface area contributed by atoms with Crippen LogP contribution in [0.4, 0.5) is 4.39 Å². The molecule has 0 aliphatic carbocycles. The van der Waals surface area contributed by atoms with E-state index >= 15 is 0 Å². The second kappa shape index (κ2) is 5.21. The van der Waals surface area contributed by atoms with Gasteiger partial charge in [-0.2, -0.15) is 0 Å². The maximum Gasteiger partial charge on any atom is 0.133 e. The normalized spacial score (nSPS) is 11.5. The van der Waals surface area contributed by atoms with Crippen molar-refractivity contribution in [3.8, 4) is 0 Å². The van der Waals surface area contributed by atoms with Crippen molar-refractivity contribution >= 4 is 6.29 Å². The van der Waals surface area contributed by atoms with Gasteiger partial charge in [-0.3, -0.25) is 0 Å². The molecular formula is C13H18FNO. The lowest BCUT2D eigenvalue weighted by Crippen LogP contribution is -2.33. The zero-order chi connectivity index (χ0) is 12.2. The third-order valence-corrected chi connectivity index (χ3v) is 2.73. The van der Waals surface area contributed by atoms with E-state index in [0.29, 0.717) is 18.7 Å². The van der Waals surface area contributed by atoms with Crippen molar-refractivity contribution in [2.75, 3.05) is 13.1 Å². The highest BCUT2D eigenvalue weighted by molar-refractivity contribution is 5.51. The van der Waals surface area contributed by atoms with E-state index in [0.717, 1.165) is 11.8 Å². The minimum Gasteiger partial charge on any atom is -0.309 e. The number of aldehydes is 1. The molecule has 0 amide bonds.